The van der Waals surface area contributed by atoms with E-state index >= 15 is 0 Å². The number of hydrogen-bond acceptors (Lipinski definition) is 2. The van der Waals surface area contributed by atoms with Gasteiger partial charge in [-0.3, -0.25) is 4.79 Å². The van der Waals surface area contributed by atoms with E-state index in [2.05, 4.69) is 47.5 Å². The minimum atomic E-state index is 0.0345. The van der Waals surface area contributed by atoms with Crippen LogP contribution in [0.3, 0.4) is 0 Å². The van der Waals surface area contributed by atoms with E-state index in [4.69, 9.17) is 11.6 Å². The first-order valence-corrected chi connectivity index (χ1v) is 10.2. The largest absolute Gasteiger partial charge is 0.359 e. The summed E-state index contributed by atoms with van der Waals surface area (Å²) in [5.41, 5.74) is 3.56. The zero-order valence-corrected chi connectivity index (χ0v) is 16.9. The number of rotatable bonds is 6. The molecule has 5 heteroatoms. The minimum absolute atomic E-state index is 0.0345. The van der Waals surface area contributed by atoms with Crippen molar-refractivity contribution in [2.24, 2.45) is 0 Å². The van der Waals surface area contributed by atoms with Crippen LogP contribution in [0.15, 0.2) is 48.5 Å². The Balaban J connectivity index is 1.47. The molecule has 0 aromatic heterocycles. The molecule has 0 bridgehead atoms. The number of carbonyl (C=O) groups is 1. The lowest BCUT2D eigenvalue weighted by Crippen LogP contribution is -3.16. The van der Waals surface area contributed by atoms with Crippen molar-refractivity contribution in [2.75, 3.05) is 37.6 Å². The Kier molecular flexibility index (Phi) is 6.75. The van der Waals surface area contributed by atoms with Gasteiger partial charge in [0.25, 0.3) is 5.91 Å². The molecule has 4 nitrogen and oxygen atoms in total. The summed E-state index contributed by atoms with van der Waals surface area (Å²) in [5, 5.41) is 3.93. The zero-order chi connectivity index (χ0) is 19.2. The molecule has 1 amide bonds. The fraction of sp³-hybridized carbons (Fsp3) is 0.409. The van der Waals surface area contributed by atoms with Gasteiger partial charge in [0.05, 0.1) is 42.9 Å². The lowest BCUT2D eigenvalue weighted by atomic mass is 10.1. The molecule has 1 heterocycles. The molecule has 0 spiro atoms. The Labute approximate surface area is 167 Å². The van der Waals surface area contributed by atoms with Crippen LogP contribution in [0.1, 0.15) is 31.0 Å². The monoisotopic (exact) mass is 386 g/mol. The Morgan fingerprint density at radius 1 is 1.15 bits per heavy atom. The third-order valence-corrected chi connectivity index (χ3v) is 5.66. The van der Waals surface area contributed by atoms with E-state index in [0.29, 0.717) is 6.54 Å². The highest BCUT2D eigenvalue weighted by atomic mass is 35.5. The van der Waals surface area contributed by atoms with Gasteiger partial charge in [0.2, 0.25) is 0 Å². The van der Waals surface area contributed by atoms with Crippen molar-refractivity contribution in [3.05, 3.63) is 64.7 Å². The molecular formula is C22H29ClN3O+. The fourth-order valence-corrected chi connectivity index (χ4v) is 3.85. The first kappa shape index (κ1) is 19.7. The first-order valence-electron chi connectivity index (χ1n) is 9.78. The highest BCUT2D eigenvalue weighted by Gasteiger charge is 2.24. The van der Waals surface area contributed by atoms with Gasteiger partial charge in [-0.15, -0.1) is 0 Å². The fourth-order valence-electron chi connectivity index (χ4n) is 3.59. The molecule has 0 radical (unpaired) electrons. The summed E-state index contributed by atoms with van der Waals surface area (Å²) in [5.74, 6) is 0.114. The summed E-state index contributed by atoms with van der Waals surface area (Å²) < 4.78 is 0. The van der Waals surface area contributed by atoms with Crippen molar-refractivity contribution < 1.29 is 9.69 Å². The minimum Gasteiger partial charge on any atom is -0.359 e. The van der Waals surface area contributed by atoms with Crippen LogP contribution < -0.4 is 15.1 Å². The van der Waals surface area contributed by atoms with Crippen molar-refractivity contribution in [3.8, 4) is 0 Å². The molecular weight excluding hydrogens is 358 g/mol. The first-order chi connectivity index (χ1) is 13.1. The van der Waals surface area contributed by atoms with Crippen LogP contribution in [0.4, 0.5) is 5.69 Å². The molecule has 1 saturated heterocycles. The summed E-state index contributed by atoms with van der Waals surface area (Å²) in [6.45, 7) is 8.43. The van der Waals surface area contributed by atoms with Crippen molar-refractivity contribution in [2.45, 2.75) is 26.3 Å². The number of benzene rings is 2. The van der Waals surface area contributed by atoms with Crippen molar-refractivity contribution in [3.63, 3.8) is 0 Å². The van der Waals surface area contributed by atoms with Gasteiger partial charge in [-0.2, -0.15) is 0 Å². The number of quaternary nitrogens is 1. The number of anilines is 1. The molecule has 0 saturated carbocycles. The topological polar surface area (TPSA) is 36.8 Å². The lowest BCUT2D eigenvalue weighted by Gasteiger charge is -2.34. The molecule has 1 aliphatic heterocycles. The molecule has 144 valence electrons. The predicted molar refractivity (Wildman–Crippen MR) is 112 cm³/mol. The van der Waals surface area contributed by atoms with Crippen LogP contribution >= 0.6 is 11.6 Å². The van der Waals surface area contributed by atoms with E-state index in [9.17, 15) is 4.79 Å². The van der Waals surface area contributed by atoms with E-state index in [-0.39, 0.29) is 11.9 Å². The number of nitrogens with one attached hydrogen (secondary N) is 2. The van der Waals surface area contributed by atoms with Crippen LogP contribution in [0.25, 0.3) is 0 Å². The molecule has 0 aliphatic carbocycles. The Bertz CT molecular complexity index is 754. The third-order valence-electron chi connectivity index (χ3n) is 5.34. The Morgan fingerprint density at radius 2 is 1.81 bits per heavy atom. The Hall–Kier alpha value is -2.04. The van der Waals surface area contributed by atoms with E-state index in [1.54, 1.807) is 0 Å². The third kappa shape index (κ3) is 5.24. The molecule has 27 heavy (non-hydrogen) atoms. The van der Waals surface area contributed by atoms with Gasteiger partial charge >= 0.3 is 0 Å². The second kappa shape index (κ2) is 9.25. The number of halogens is 1. The zero-order valence-electron chi connectivity index (χ0n) is 16.2. The molecule has 1 fully saturated rings. The second-order valence-electron chi connectivity index (χ2n) is 7.25. The van der Waals surface area contributed by atoms with Gasteiger partial charge in [0, 0.05) is 0 Å². The van der Waals surface area contributed by atoms with Crippen molar-refractivity contribution in [1.82, 2.24) is 5.32 Å². The van der Waals surface area contributed by atoms with Crippen LogP contribution in [-0.4, -0.2) is 38.6 Å². The Morgan fingerprint density at radius 3 is 2.44 bits per heavy atom. The van der Waals surface area contributed by atoms with E-state index in [1.165, 1.54) is 10.5 Å². The van der Waals surface area contributed by atoms with Gasteiger partial charge in [-0.1, -0.05) is 54.9 Å². The number of para-hydroxylation sites is 1. The van der Waals surface area contributed by atoms with E-state index < -0.39 is 0 Å². The SMILES string of the molecule is CCc1ccc([C@H](C)NC(=O)C[NH+]2CCN(c3ccccc3Cl)CC2)cc1. The molecule has 0 unspecified atom stereocenters. The molecule has 2 N–H and O–H groups in total. The van der Waals surface area contributed by atoms with Crippen LogP contribution in [0, 0.1) is 0 Å². The summed E-state index contributed by atoms with van der Waals surface area (Å²) >= 11 is 6.30. The maximum atomic E-state index is 12.5. The average molecular weight is 387 g/mol. The summed E-state index contributed by atoms with van der Waals surface area (Å²) in [6, 6.07) is 16.5. The van der Waals surface area contributed by atoms with E-state index in [0.717, 1.165) is 48.9 Å². The molecule has 1 aliphatic rings. The van der Waals surface area contributed by atoms with Gasteiger partial charge < -0.3 is 15.1 Å². The number of aryl methyl sites for hydroxylation is 1. The van der Waals surface area contributed by atoms with Crippen LogP contribution in [-0.2, 0) is 11.2 Å². The second-order valence-corrected chi connectivity index (χ2v) is 7.66. The maximum Gasteiger partial charge on any atom is 0.275 e. The van der Waals surface area contributed by atoms with Crippen LogP contribution in [0.2, 0.25) is 5.02 Å². The molecule has 3 rings (SSSR count). The van der Waals surface area contributed by atoms with Gasteiger partial charge in [0.1, 0.15) is 0 Å². The maximum absolute atomic E-state index is 12.5. The van der Waals surface area contributed by atoms with Gasteiger partial charge in [-0.25, -0.2) is 0 Å². The predicted octanol–water partition coefficient (Wildman–Crippen LogP) is 2.48. The number of nitrogens with zero attached hydrogens (tertiary/aromatic N) is 1. The molecule has 2 aromatic carbocycles. The number of piperazine rings is 1. The van der Waals surface area contributed by atoms with Crippen molar-refractivity contribution >= 4 is 23.2 Å². The number of carbonyl (C=O) groups excluding carboxylic acids is 1. The standard InChI is InChI=1S/C22H28ClN3O/c1-3-18-8-10-19(11-9-18)17(2)24-22(27)16-25-12-14-26(15-13-25)21-7-5-4-6-20(21)23/h4-11,17H,3,12-16H2,1-2H3,(H,24,27)/p+1/t17-/m0/s1. The highest BCUT2D eigenvalue weighted by Crippen LogP contribution is 2.24. The summed E-state index contributed by atoms with van der Waals surface area (Å²) in [4.78, 5) is 16.1. The lowest BCUT2D eigenvalue weighted by molar-refractivity contribution is -0.892. The van der Waals surface area contributed by atoms with Crippen LogP contribution in [0.5, 0.6) is 0 Å². The average Bonchev–Trinajstić information content (AvgIpc) is 2.69. The molecule has 2 aromatic rings. The summed E-state index contributed by atoms with van der Waals surface area (Å²) in [6.07, 6.45) is 1.03. The molecule has 1 atom stereocenters. The van der Waals surface area contributed by atoms with E-state index in [1.807, 2.05) is 25.1 Å². The quantitative estimate of drug-likeness (QED) is 0.800. The number of amides is 1. The van der Waals surface area contributed by atoms with Gasteiger partial charge in [-0.05, 0) is 36.6 Å². The normalized spacial score (nSPS) is 16.2. The number of hydrogen-bond donors (Lipinski definition) is 2. The summed E-state index contributed by atoms with van der Waals surface area (Å²) in [7, 11) is 0. The highest BCUT2D eigenvalue weighted by molar-refractivity contribution is 6.33. The smallest absolute Gasteiger partial charge is 0.275 e. The van der Waals surface area contributed by atoms with Gasteiger partial charge in [0.15, 0.2) is 6.54 Å². The van der Waals surface area contributed by atoms with Crippen molar-refractivity contribution in [1.29, 1.82) is 0 Å².